The fourth-order valence-electron chi connectivity index (χ4n) is 2.65. The van der Waals surface area contributed by atoms with Gasteiger partial charge in [0.1, 0.15) is 6.10 Å². The molecular weight excluding hydrogens is 337 g/mol. The molecule has 1 aliphatic rings. The molecule has 0 aromatic carbocycles. The Labute approximate surface area is 141 Å². The molecule has 3 heterocycles. The number of halogens is 3. The number of rotatable bonds is 4. The second-order valence-corrected chi connectivity index (χ2v) is 5.77. The highest BCUT2D eigenvalue weighted by atomic mass is 19.3. The summed E-state index contributed by atoms with van der Waals surface area (Å²) in [6, 6.07) is 4.77. The van der Waals surface area contributed by atoms with E-state index in [0.29, 0.717) is 11.3 Å². The molecule has 25 heavy (non-hydrogen) atoms. The highest BCUT2D eigenvalue weighted by Gasteiger charge is 2.44. The van der Waals surface area contributed by atoms with Crippen LogP contribution < -0.4 is 10.5 Å². The second-order valence-electron chi connectivity index (χ2n) is 5.77. The summed E-state index contributed by atoms with van der Waals surface area (Å²) < 4.78 is 46.1. The lowest BCUT2D eigenvalue weighted by atomic mass is 10.1. The van der Waals surface area contributed by atoms with Gasteiger partial charge in [0, 0.05) is 37.6 Å². The monoisotopic (exact) mass is 354 g/mol. The summed E-state index contributed by atoms with van der Waals surface area (Å²) in [5, 5.41) is 0. The molecule has 2 aromatic rings. The van der Waals surface area contributed by atoms with Crippen molar-refractivity contribution < 1.29 is 17.9 Å². The minimum absolute atomic E-state index is 0.00435. The number of alkyl halides is 3. The third-order valence-corrected chi connectivity index (χ3v) is 4.09. The smallest absolute Gasteiger partial charge is 0.303 e. The van der Waals surface area contributed by atoms with Gasteiger partial charge >= 0.3 is 5.92 Å². The van der Waals surface area contributed by atoms with Crippen molar-refractivity contribution >= 4 is 5.95 Å². The third-order valence-electron chi connectivity index (χ3n) is 4.09. The van der Waals surface area contributed by atoms with E-state index in [1.54, 1.807) is 24.5 Å². The van der Waals surface area contributed by atoms with E-state index in [4.69, 9.17) is 4.74 Å². The number of ether oxygens (including phenoxy) is 1. The van der Waals surface area contributed by atoms with Crippen molar-refractivity contribution in [3.8, 4) is 11.3 Å². The summed E-state index contributed by atoms with van der Waals surface area (Å²) >= 11 is 0. The molecule has 2 aromatic heterocycles. The fourth-order valence-corrected chi connectivity index (χ4v) is 2.65. The highest BCUT2D eigenvalue weighted by Crippen LogP contribution is 2.27. The van der Waals surface area contributed by atoms with E-state index < -0.39 is 18.7 Å². The van der Waals surface area contributed by atoms with Gasteiger partial charge in [-0.3, -0.25) is 14.3 Å². The second kappa shape index (κ2) is 6.83. The van der Waals surface area contributed by atoms with Crippen LogP contribution in [0.15, 0.2) is 35.4 Å². The van der Waals surface area contributed by atoms with Gasteiger partial charge in [-0.1, -0.05) is 0 Å². The van der Waals surface area contributed by atoms with Crippen LogP contribution in [0.2, 0.25) is 0 Å². The van der Waals surface area contributed by atoms with Crippen molar-refractivity contribution in [3.05, 3.63) is 40.9 Å². The molecule has 0 amide bonds. The standard InChI is InChI=1S/C16H17F3N4O2/c1-22-14(24)8-12(11-2-4-20-5-3-11)21-15(22)23-6-7-25-13(9-23)16(18,19)10-17/h2-5,8,13H,6-7,9-10H2,1H3/t13-/m0/s1. The SMILES string of the molecule is Cn1c(N2CCO[C@H](C(F)(F)CF)C2)nc(-c2ccncc2)cc1=O. The molecule has 1 aliphatic heterocycles. The number of pyridine rings is 1. The molecule has 1 atom stereocenters. The van der Waals surface area contributed by atoms with E-state index in [9.17, 15) is 18.0 Å². The first-order valence-electron chi connectivity index (χ1n) is 7.71. The first kappa shape index (κ1) is 17.4. The predicted octanol–water partition coefficient (Wildman–Crippen LogP) is 1.65. The van der Waals surface area contributed by atoms with E-state index >= 15 is 0 Å². The van der Waals surface area contributed by atoms with E-state index in [2.05, 4.69) is 9.97 Å². The van der Waals surface area contributed by atoms with E-state index in [0.717, 1.165) is 0 Å². The zero-order chi connectivity index (χ0) is 18.0. The molecule has 9 heteroatoms. The van der Waals surface area contributed by atoms with E-state index in [1.807, 2.05) is 0 Å². The van der Waals surface area contributed by atoms with Crippen LogP contribution >= 0.6 is 0 Å². The maximum absolute atomic E-state index is 13.6. The molecule has 0 unspecified atom stereocenters. The van der Waals surface area contributed by atoms with Crippen LogP contribution in [0, 0.1) is 0 Å². The van der Waals surface area contributed by atoms with Crippen molar-refractivity contribution in [2.24, 2.45) is 7.05 Å². The van der Waals surface area contributed by atoms with E-state index in [1.165, 1.54) is 22.6 Å². The lowest BCUT2D eigenvalue weighted by molar-refractivity contribution is -0.149. The van der Waals surface area contributed by atoms with Crippen molar-refractivity contribution in [1.82, 2.24) is 14.5 Å². The first-order chi connectivity index (χ1) is 11.9. The van der Waals surface area contributed by atoms with Crippen LogP contribution in [0.3, 0.4) is 0 Å². The van der Waals surface area contributed by atoms with Gasteiger partial charge in [0.15, 0.2) is 6.67 Å². The van der Waals surface area contributed by atoms with Crippen molar-refractivity contribution in [3.63, 3.8) is 0 Å². The number of aromatic nitrogens is 3. The maximum atomic E-state index is 13.6. The third kappa shape index (κ3) is 3.51. The average molecular weight is 354 g/mol. The molecule has 0 spiro atoms. The topological polar surface area (TPSA) is 60.2 Å². The van der Waals surface area contributed by atoms with Gasteiger partial charge in [-0.05, 0) is 12.1 Å². The largest absolute Gasteiger partial charge is 0.368 e. The van der Waals surface area contributed by atoms with Crippen molar-refractivity contribution in [2.75, 3.05) is 31.3 Å². The molecule has 1 fully saturated rings. The van der Waals surface area contributed by atoms with Crippen LogP contribution in [0.25, 0.3) is 11.3 Å². The summed E-state index contributed by atoms with van der Waals surface area (Å²) in [6.07, 6.45) is 1.55. The first-order valence-corrected chi connectivity index (χ1v) is 7.71. The van der Waals surface area contributed by atoms with Crippen LogP contribution in [0.5, 0.6) is 0 Å². The molecule has 3 rings (SSSR count). The molecule has 1 saturated heterocycles. The Balaban J connectivity index is 1.96. The molecule has 0 radical (unpaired) electrons. The zero-order valence-electron chi connectivity index (χ0n) is 13.5. The molecule has 134 valence electrons. The Morgan fingerprint density at radius 1 is 1.36 bits per heavy atom. The molecule has 0 aliphatic carbocycles. The summed E-state index contributed by atoms with van der Waals surface area (Å²) in [5.74, 6) is -3.34. The van der Waals surface area contributed by atoms with Crippen molar-refractivity contribution in [1.29, 1.82) is 0 Å². The van der Waals surface area contributed by atoms with E-state index in [-0.39, 0.29) is 31.2 Å². The predicted molar refractivity (Wildman–Crippen MR) is 85.6 cm³/mol. The summed E-state index contributed by atoms with van der Waals surface area (Å²) in [5.41, 5.74) is 0.783. The molecule has 6 nitrogen and oxygen atoms in total. The molecule has 0 N–H and O–H groups in total. The van der Waals surface area contributed by atoms with Gasteiger partial charge in [0.25, 0.3) is 5.56 Å². The van der Waals surface area contributed by atoms with Crippen LogP contribution in [0.1, 0.15) is 0 Å². The Kier molecular flexibility index (Phi) is 4.76. The molecule has 0 saturated carbocycles. The van der Waals surface area contributed by atoms with Crippen LogP contribution in [-0.2, 0) is 11.8 Å². The highest BCUT2D eigenvalue weighted by molar-refractivity contribution is 5.59. The Bertz CT molecular complexity index is 798. The quantitative estimate of drug-likeness (QED) is 0.836. The van der Waals surface area contributed by atoms with Crippen LogP contribution in [-0.4, -0.2) is 52.9 Å². The molecular formula is C16H17F3N4O2. The zero-order valence-corrected chi connectivity index (χ0v) is 13.5. The van der Waals surface area contributed by atoms with Gasteiger partial charge in [-0.25, -0.2) is 18.2 Å². The number of anilines is 1. The Morgan fingerprint density at radius 2 is 2.08 bits per heavy atom. The lowest BCUT2D eigenvalue weighted by Gasteiger charge is -2.36. The van der Waals surface area contributed by atoms with Gasteiger partial charge in [-0.2, -0.15) is 0 Å². The number of hydrogen-bond acceptors (Lipinski definition) is 5. The van der Waals surface area contributed by atoms with Crippen LogP contribution in [0.4, 0.5) is 19.1 Å². The number of nitrogens with zero attached hydrogens (tertiary/aromatic N) is 4. The Morgan fingerprint density at radius 3 is 2.76 bits per heavy atom. The molecule has 0 bridgehead atoms. The summed E-state index contributed by atoms with van der Waals surface area (Å²) in [4.78, 5) is 22.1. The lowest BCUT2D eigenvalue weighted by Crippen LogP contribution is -2.52. The van der Waals surface area contributed by atoms with Gasteiger partial charge in [0.05, 0.1) is 18.8 Å². The van der Waals surface area contributed by atoms with Gasteiger partial charge < -0.3 is 9.64 Å². The fraction of sp³-hybridized carbons (Fsp3) is 0.438. The summed E-state index contributed by atoms with van der Waals surface area (Å²) in [6.45, 7) is -1.78. The minimum atomic E-state index is -3.58. The minimum Gasteiger partial charge on any atom is -0.368 e. The number of morpholine rings is 1. The summed E-state index contributed by atoms with van der Waals surface area (Å²) in [7, 11) is 1.51. The normalized spacial score (nSPS) is 18.4. The van der Waals surface area contributed by atoms with Gasteiger partial charge in [0.2, 0.25) is 5.95 Å². The number of hydrogen-bond donors (Lipinski definition) is 0. The maximum Gasteiger partial charge on any atom is 0.303 e. The average Bonchev–Trinajstić information content (AvgIpc) is 2.64. The van der Waals surface area contributed by atoms with Gasteiger partial charge in [-0.15, -0.1) is 0 Å². The van der Waals surface area contributed by atoms with Crippen molar-refractivity contribution in [2.45, 2.75) is 12.0 Å². The Hall–Kier alpha value is -2.42.